The van der Waals surface area contributed by atoms with Crippen molar-refractivity contribution in [2.45, 2.75) is 24.8 Å². The number of aromatic nitrogens is 3. The number of halogens is 2. The van der Waals surface area contributed by atoms with Crippen molar-refractivity contribution in [1.29, 1.82) is 0 Å². The van der Waals surface area contributed by atoms with Gasteiger partial charge in [0.05, 0.1) is 5.54 Å². The Labute approximate surface area is 154 Å². The van der Waals surface area contributed by atoms with Gasteiger partial charge in [-0.25, -0.2) is 0 Å². The first kappa shape index (κ1) is 17.2. The average Bonchev–Trinajstić information content (AvgIpc) is 3.12. The van der Waals surface area contributed by atoms with Crippen LogP contribution in [0.5, 0.6) is 0 Å². The van der Waals surface area contributed by atoms with E-state index in [-0.39, 0.29) is 12.4 Å². The molecule has 0 aliphatic heterocycles. The second-order valence-corrected chi connectivity index (χ2v) is 6.93. The molecule has 2 heterocycles. The number of nitrogens with zero attached hydrogens (tertiary/aromatic N) is 3. The van der Waals surface area contributed by atoms with Gasteiger partial charge in [0, 0.05) is 22.8 Å². The highest BCUT2D eigenvalue weighted by Crippen LogP contribution is 2.38. The third-order valence-corrected chi connectivity index (χ3v) is 5.30. The van der Waals surface area contributed by atoms with Gasteiger partial charge in [0.1, 0.15) is 5.69 Å². The molecule has 0 atom stereocenters. The van der Waals surface area contributed by atoms with Crippen LogP contribution < -0.4 is 5.73 Å². The van der Waals surface area contributed by atoms with Gasteiger partial charge in [-0.1, -0.05) is 39.3 Å². The molecule has 0 saturated heterocycles. The first-order valence-electron chi connectivity index (χ1n) is 7.62. The van der Waals surface area contributed by atoms with E-state index in [0.29, 0.717) is 11.7 Å². The Morgan fingerprint density at radius 2 is 1.88 bits per heavy atom. The number of benzene rings is 1. The molecule has 4 rings (SSSR count). The van der Waals surface area contributed by atoms with E-state index in [4.69, 9.17) is 10.3 Å². The van der Waals surface area contributed by atoms with E-state index in [1.165, 1.54) is 0 Å². The molecular formula is C17H18BrClN4O. The minimum atomic E-state index is -0.405. The zero-order chi connectivity index (χ0) is 16.0. The van der Waals surface area contributed by atoms with Crippen LogP contribution in [0.15, 0.2) is 45.4 Å². The van der Waals surface area contributed by atoms with E-state index >= 15 is 0 Å². The monoisotopic (exact) mass is 408 g/mol. The lowest BCUT2D eigenvalue weighted by atomic mass is 9.77. The number of hydrogen-bond donors (Lipinski definition) is 1. The summed E-state index contributed by atoms with van der Waals surface area (Å²) in [6, 6.07) is 12.2. The number of nitrogens with two attached hydrogens (primary N) is 1. The summed E-state index contributed by atoms with van der Waals surface area (Å²) in [5.74, 6) is 1.12. The van der Waals surface area contributed by atoms with Crippen LogP contribution >= 0.6 is 28.3 Å². The maximum atomic E-state index is 6.27. The molecule has 1 aliphatic carbocycles. The molecule has 0 unspecified atom stereocenters. The topological polar surface area (TPSA) is 69.9 Å². The molecule has 1 aliphatic rings. The lowest BCUT2D eigenvalue weighted by Crippen LogP contribution is -2.44. The second kappa shape index (κ2) is 6.35. The van der Waals surface area contributed by atoms with Gasteiger partial charge in [-0.05, 0) is 37.5 Å². The fourth-order valence-electron chi connectivity index (χ4n) is 2.98. The van der Waals surface area contributed by atoms with Crippen molar-refractivity contribution in [2.24, 2.45) is 12.8 Å². The highest BCUT2D eigenvalue weighted by Gasteiger charge is 2.39. The van der Waals surface area contributed by atoms with Crippen LogP contribution in [0, 0.1) is 0 Å². The number of hydrogen-bond acceptors (Lipinski definition) is 4. The molecular weight excluding hydrogens is 392 g/mol. The van der Waals surface area contributed by atoms with Crippen molar-refractivity contribution >= 4 is 28.3 Å². The maximum absolute atomic E-state index is 6.27. The first-order chi connectivity index (χ1) is 11.1. The van der Waals surface area contributed by atoms with Gasteiger partial charge in [0.15, 0.2) is 5.82 Å². The number of rotatable bonds is 3. The standard InChI is InChI=1S/C17H17BrN4O.ClH/c1-22-13(11-5-2-3-6-12(11)18)7-8-14(22)15-20-16(21-23-15)17(19)9-4-10-17;/h2-3,5-8H,4,9-10,19H2,1H3;1H. The van der Waals surface area contributed by atoms with Gasteiger partial charge < -0.3 is 14.8 Å². The van der Waals surface area contributed by atoms with E-state index in [0.717, 1.165) is 40.7 Å². The zero-order valence-electron chi connectivity index (χ0n) is 13.2. The summed E-state index contributed by atoms with van der Waals surface area (Å²) in [7, 11) is 2.00. The fraction of sp³-hybridized carbons (Fsp3) is 0.294. The predicted molar refractivity (Wildman–Crippen MR) is 98.8 cm³/mol. The molecule has 5 nitrogen and oxygen atoms in total. The molecule has 0 bridgehead atoms. The Bertz CT molecular complexity index is 869. The van der Waals surface area contributed by atoms with E-state index in [1.54, 1.807) is 0 Å². The summed E-state index contributed by atoms with van der Waals surface area (Å²) in [5.41, 5.74) is 8.96. The summed E-state index contributed by atoms with van der Waals surface area (Å²) >= 11 is 3.60. The van der Waals surface area contributed by atoms with Crippen LogP contribution in [-0.2, 0) is 12.6 Å². The van der Waals surface area contributed by atoms with Crippen LogP contribution in [-0.4, -0.2) is 14.7 Å². The van der Waals surface area contributed by atoms with E-state index < -0.39 is 5.54 Å². The van der Waals surface area contributed by atoms with Gasteiger partial charge in [-0.3, -0.25) is 0 Å². The molecule has 0 radical (unpaired) electrons. The average molecular weight is 410 g/mol. The summed E-state index contributed by atoms with van der Waals surface area (Å²) in [5, 5.41) is 4.09. The van der Waals surface area contributed by atoms with Crippen molar-refractivity contribution in [1.82, 2.24) is 14.7 Å². The Kier molecular flexibility index (Phi) is 4.55. The van der Waals surface area contributed by atoms with Crippen molar-refractivity contribution in [3.8, 4) is 22.8 Å². The predicted octanol–water partition coefficient (Wildman–Crippen LogP) is 4.26. The van der Waals surface area contributed by atoms with Crippen molar-refractivity contribution in [3.05, 3.63) is 46.7 Å². The lowest BCUT2D eigenvalue weighted by molar-refractivity contribution is 0.229. The molecule has 1 saturated carbocycles. The lowest BCUT2D eigenvalue weighted by Gasteiger charge is -2.34. The molecule has 0 amide bonds. The van der Waals surface area contributed by atoms with Crippen LogP contribution in [0.1, 0.15) is 25.1 Å². The van der Waals surface area contributed by atoms with Crippen LogP contribution in [0.25, 0.3) is 22.8 Å². The smallest absolute Gasteiger partial charge is 0.274 e. The van der Waals surface area contributed by atoms with Gasteiger partial charge in [-0.2, -0.15) is 4.98 Å². The zero-order valence-corrected chi connectivity index (χ0v) is 15.6. The van der Waals surface area contributed by atoms with Crippen molar-refractivity contribution < 1.29 is 4.52 Å². The summed E-state index contributed by atoms with van der Waals surface area (Å²) in [6.07, 6.45) is 2.96. The molecule has 126 valence electrons. The summed E-state index contributed by atoms with van der Waals surface area (Å²) in [6.45, 7) is 0. The maximum Gasteiger partial charge on any atom is 0.274 e. The normalized spacial score (nSPS) is 15.6. The van der Waals surface area contributed by atoms with Gasteiger partial charge in [0.2, 0.25) is 0 Å². The SMILES string of the molecule is Cl.Cn1c(-c2nc(C3(N)CCC3)no2)ccc1-c1ccccc1Br. The highest BCUT2D eigenvalue weighted by molar-refractivity contribution is 9.10. The largest absolute Gasteiger partial charge is 0.340 e. The van der Waals surface area contributed by atoms with Crippen molar-refractivity contribution in [2.75, 3.05) is 0 Å². The van der Waals surface area contributed by atoms with E-state index in [9.17, 15) is 0 Å². The Hall–Kier alpha value is -1.63. The van der Waals surface area contributed by atoms with Crippen molar-refractivity contribution in [3.63, 3.8) is 0 Å². The Balaban J connectivity index is 0.00000169. The quantitative estimate of drug-likeness (QED) is 0.701. The highest BCUT2D eigenvalue weighted by atomic mass is 79.9. The van der Waals surface area contributed by atoms with Gasteiger partial charge in [-0.15, -0.1) is 12.4 Å². The summed E-state index contributed by atoms with van der Waals surface area (Å²) in [4.78, 5) is 4.53. The van der Waals surface area contributed by atoms with Crippen LogP contribution in [0.3, 0.4) is 0 Å². The van der Waals surface area contributed by atoms with E-state index in [2.05, 4.69) is 42.8 Å². The first-order valence-corrected chi connectivity index (χ1v) is 8.42. The Morgan fingerprint density at radius 3 is 2.54 bits per heavy atom. The molecule has 1 fully saturated rings. The molecule has 7 heteroatoms. The molecule has 24 heavy (non-hydrogen) atoms. The third kappa shape index (κ3) is 2.68. The van der Waals surface area contributed by atoms with Gasteiger partial charge >= 0.3 is 0 Å². The summed E-state index contributed by atoms with van der Waals surface area (Å²) < 4.78 is 8.57. The molecule has 2 N–H and O–H groups in total. The Morgan fingerprint density at radius 1 is 1.17 bits per heavy atom. The molecule has 0 spiro atoms. The molecule has 2 aromatic heterocycles. The van der Waals surface area contributed by atoms with Gasteiger partial charge in [0.25, 0.3) is 5.89 Å². The van der Waals surface area contributed by atoms with Crippen LogP contribution in [0.4, 0.5) is 0 Å². The third-order valence-electron chi connectivity index (χ3n) is 4.61. The van der Waals surface area contributed by atoms with E-state index in [1.807, 2.05) is 31.3 Å². The fourth-order valence-corrected chi connectivity index (χ4v) is 3.46. The minimum Gasteiger partial charge on any atom is -0.340 e. The molecule has 3 aromatic rings. The van der Waals surface area contributed by atoms with Crippen LogP contribution in [0.2, 0.25) is 0 Å². The molecule has 1 aromatic carbocycles. The second-order valence-electron chi connectivity index (χ2n) is 6.08. The minimum absolute atomic E-state index is 0.